The van der Waals surface area contributed by atoms with Gasteiger partial charge in [0.15, 0.2) is 0 Å². The summed E-state index contributed by atoms with van der Waals surface area (Å²) in [4.78, 5) is 15.6. The van der Waals surface area contributed by atoms with Gasteiger partial charge >= 0.3 is 0 Å². The summed E-state index contributed by atoms with van der Waals surface area (Å²) in [5.41, 5.74) is 10.2. The number of nitrogens with one attached hydrogen (secondary N) is 1. The van der Waals surface area contributed by atoms with Gasteiger partial charge < -0.3 is 20.7 Å². The summed E-state index contributed by atoms with van der Waals surface area (Å²) < 4.78 is 6.30. The van der Waals surface area contributed by atoms with Crippen LogP contribution in [0.1, 0.15) is 37.3 Å². The molecule has 2 aliphatic rings. The van der Waals surface area contributed by atoms with Gasteiger partial charge in [0, 0.05) is 60.3 Å². The summed E-state index contributed by atoms with van der Waals surface area (Å²) in [6, 6.07) is 5.05. The van der Waals surface area contributed by atoms with Crippen LogP contribution in [0.5, 0.6) is 11.6 Å². The number of anilines is 1. The number of aromatic nitrogens is 2. The van der Waals surface area contributed by atoms with Gasteiger partial charge in [-0.3, -0.25) is 9.98 Å². The molecule has 2 aromatic rings. The van der Waals surface area contributed by atoms with Crippen molar-refractivity contribution in [2.75, 3.05) is 25.0 Å². The highest BCUT2D eigenvalue weighted by atomic mass is 16.5. The fourth-order valence-corrected chi connectivity index (χ4v) is 4.10. The Bertz CT molecular complexity index is 921. The van der Waals surface area contributed by atoms with E-state index in [1.807, 2.05) is 6.21 Å². The van der Waals surface area contributed by atoms with E-state index in [0.29, 0.717) is 18.0 Å². The number of hydrogen-bond donors (Lipinski definition) is 2. The van der Waals surface area contributed by atoms with Crippen molar-refractivity contribution in [1.29, 1.82) is 0 Å². The lowest BCUT2D eigenvalue weighted by atomic mass is 9.92. The van der Waals surface area contributed by atoms with Crippen molar-refractivity contribution in [3.05, 3.63) is 48.1 Å². The lowest BCUT2D eigenvalue weighted by Crippen LogP contribution is -2.33. The van der Waals surface area contributed by atoms with Crippen molar-refractivity contribution in [1.82, 2.24) is 15.3 Å². The molecule has 0 saturated carbocycles. The molecule has 1 aromatic carbocycles. The third-order valence-electron chi connectivity index (χ3n) is 6.06. The maximum absolute atomic E-state index is 6.30. The molecule has 7 heteroatoms. The van der Waals surface area contributed by atoms with Gasteiger partial charge in [0.25, 0.3) is 0 Å². The van der Waals surface area contributed by atoms with Crippen molar-refractivity contribution in [2.24, 2.45) is 10.7 Å². The highest BCUT2D eigenvalue weighted by Gasteiger charge is 2.26. The Labute approximate surface area is 178 Å². The van der Waals surface area contributed by atoms with Crippen molar-refractivity contribution >= 4 is 17.5 Å². The second kappa shape index (κ2) is 9.26. The Morgan fingerprint density at radius 3 is 2.83 bits per heavy atom. The van der Waals surface area contributed by atoms with Crippen LogP contribution in [0.4, 0.5) is 5.69 Å². The fourth-order valence-electron chi connectivity index (χ4n) is 4.10. The normalized spacial score (nSPS) is 20.4. The maximum atomic E-state index is 6.30. The highest BCUT2D eigenvalue weighted by molar-refractivity contribution is 6.11. The first-order valence-corrected chi connectivity index (χ1v) is 10.7. The Kier molecular flexibility index (Phi) is 6.28. The van der Waals surface area contributed by atoms with Gasteiger partial charge in [-0.1, -0.05) is 0 Å². The zero-order valence-corrected chi connectivity index (χ0v) is 17.7. The molecule has 3 N–H and O–H groups in total. The molecule has 0 radical (unpaired) electrons. The minimum absolute atomic E-state index is 0.329. The van der Waals surface area contributed by atoms with E-state index in [-0.39, 0.29) is 0 Å². The Hall–Kier alpha value is -2.93. The van der Waals surface area contributed by atoms with Crippen molar-refractivity contribution < 1.29 is 4.74 Å². The molecule has 3 heterocycles. The molecule has 0 spiro atoms. The largest absolute Gasteiger partial charge is 0.436 e. The van der Waals surface area contributed by atoms with E-state index in [1.54, 1.807) is 24.8 Å². The predicted octanol–water partition coefficient (Wildman–Crippen LogP) is 3.16. The van der Waals surface area contributed by atoms with E-state index in [1.165, 1.54) is 11.3 Å². The Balaban J connectivity index is 1.73. The molecule has 1 unspecified atom stereocenters. The second-order valence-corrected chi connectivity index (χ2v) is 7.97. The topological polar surface area (TPSA) is 88.7 Å². The number of aliphatic imine (C=N–C) groups is 1. The van der Waals surface area contributed by atoms with Crippen LogP contribution in [0.15, 0.2) is 41.9 Å². The first-order chi connectivity index (χ1) is 14.7. The zero-order chi connectivity index (χ0) is 20.9. The summed E-state index contributed by atoms with van der Waals surface area (Å²) in [5, 5.41) is 3.38. The Morgan fingerprint density at radius 1 is 1.27 bits per heavy atom. The average molecular weight is 407 g/mol. The van der Waals surface area contributed by atoms with Crippen molar-refractivity contribution in [3.63, 3.8) is 0 Å². The molecule has 0 amide bonds. The molecular formula is C23H30N6O. The van der Waals surface area contributed by atoms with Crippen LogP contribution >= 0.6 is 0 Å². The number of allylic oxidation sites excluding steroid dienone is 1. The van der Waals surface area contributed by atoms with Crippen LogP contribution < -0.4 is 20.7 Å². The van der Waals surface area contributed by atoms with Gasteiger partial charge in [0.05, 0.1) is 12.2 Å². The highest BCUT2D eigenvalue weighted by Crippen LogP contribution is 2.41. The van der Waals surface area contributed by atoms with E-state index in [0.717, 1.165) is 55.7 Å². The van der Waals surface area contributed by atoms with Gasteiger partial charge in [-0.25, -0.2) is 4.98 Å². The fraction of sp³-hybridized carbons (Fsp3) is 0.435. The summed E-state index contributed by atoms with van der Waals surface area (Å²) >= 11 is 0. The summed E-state index contributed by atoms with van der Waals surface area (Å²) in [6.45, 7) is 4.26. The van der Waals surface area contributed by atoms with E-state index < -0.39 is 0 Å². The molecule has 1 fully saturated rings. The lowest BCUT2D eigenvalue weighted by Gasteiger charge is -2.35. The predicted molar refractivity (Wildman–Crippen MR) is 121 cm³/mol. The molecular weight excluding hydrogens is 376 g/mol. The standard InChI is InChI=1S/C23H30N6O/c1-16-3-4-20-21(29(16)2)6-5-19(23(20)30-22-15-26-11-12-27-22)17(13-24)14-28-18-7-9-25-10-8-18/h5-6,11-16,18,25H,3-4,7-10,24H2,1-2H3. The minimum atomic E-state index is 0.329. The van der Waals surface area contributed by atoms with Crippen LogP contribution in [0.3, 0.4) is 0 Å². The number of hydrogen-bond acceptors (Lipinski definition) is 7. The van der Waals surface area contributed by atoms with Gasteiger partial charge in [-0.2, -0.15) is 0 Å². The van der Waals surface area contributed by atoms with E-state index in [4.69, 9.17) is 15.5 Å². The first kappa shape index (κ1) is 20.3. The monoisotopic (exact) mass is 406 g/mol. The average Bonchev–Trinajstić information content (AvgIpc) is 2.79. The van der Waals surface area contributed by atoms with Crippen LogP contribution in [-0.2, 0) is 6.42 Å². The van der Waals surface area contributed by atoms with Crippen LogP contribution in [-0.4, -0.2) is 48.4 Å². The van der Waals surface area contributed by atoms with E-state index >= 15 is 0 Å². The number of nitrogens with two attached hydrogens (primary N) is 1. The maximum Gasteiger partial charge on any atom is 0.237 e. The van der Waals surface area contributed by atoms with Gasteiger partial charge in [0.2, 0.25) is 5.88 Å². The number of piperidine rings is 1. The molecule has 2 aliphatic heterocycles. The van der Waals surface area contributed by atoms with Gasteiger partial charge in [0.1, 0.15) is 5.75 Å². The smallest absolute Gasteiger partial charge is 0.237 e. The van der Waals surface area contributed by atoms with E-state index in [9.17, 15) is 0 Å². The molecule has 0 bridgehead atoms. The van der Waals surface area contributed by atoms with Gasteiger partial charge in [-0.05, 0) is 57.8 Å². The van der Waals surface area contributed by atoms with E-state index in [2.05, 4.69) is 46.3 Å². The molecule has 158 valence electrons. The summed E-state index contributed by atoms with van der Waals surface area (Å²) in [6.07, 6.45) is 12.5. The van der Waals surface area contributed by atoms with Crippen LogP contribution in [0.2, 0.25) is 0 Å². The quantitative estimate of drug-likeness (QED) is 0.742. The zero-order valence-electron chi connectivity index (χ0n) is 17.7. The minimum Gasteiger partial charge on any atom is -0.436 e. The second-order valence-electron chi connectivity index (χ2n) is 7.97. The number of fused-ring (bicyclic) bond motifs is 1. The number of rotatable bonds is 5. The number of ether oxygens (including phenoxy) is 1. The molecule has 1 aromatic heterocycles. The SMILES string of the molecule is CC1CCc2c(ccc(C(C=NC3CCNCC3)=CN)c2Oc2cnccn2)N1C. The van der Waals surface area contributed by atoms with Gasteiger partial charge in [-0.15, -0.1) is 0 Å². The molecule has 7 nitrogen and oxygen atoms in total. The van der Waals surface area contributed by atoms with Crippen molar-refractivity contribution in [2.45, 2.75) is 44.7 Å². The summed E-state index contributed by atoms with van der Waals surface area (Å²) in [5.74, 6) is 1.26. The number of benzene rings is 1. The lowest BCUT2D eigenvalue weighted by molar-refractivity contribution is 0.447. The summed E-state index contributed by atoms with van der Waals surface area (Å²) in [7, 11) is 2.13. The third kappa shape index (κ3) is 4.31. The number of nitrogens with zero attached hydrogens (tertiary/aromatic N) is 4. The van der Waals surface area contributed by atoms with Crippen LogP contribution in [0, 0.1) is 0 Å². The first-order valence-electron chi connectivity index (χ1n) is 10.7. The molecule has 4 rings (SSSR count). The van der Waals surface area contributed by atoms with Crippen LogP contribution in [0.25, 0.3) is 5.57 Å². The molecule has 1 atom stereocenters. The Morgan fingerprint density at radius 2 is 2.10 bits per heavy atom. The third-order valence-corrected chi connectivity index (χ3v) is 6.06. The molecule has 0 aliphatic carbocycles. The molecule has 30 heavy (non-hydrogen) atoms. The van der Waals surface area contributed by atoms with Crippen molar-refractivity contribution in [3.8, 4) is 11.6 Å². The molecule has 1 saturated heterocycles.